The lowest BCUT2D eigenvalue weighted by Crippen LogP contribution is -2.21. The van der Waals surface area contributed by atoms with Gasteiger partial charge in [-0.2, -0.15) is 0 Å². The smallest absolute Gasteiger partial charge is 0.303 e. The van der Waals surface area contributed by atoms with E-state index in [-0.39, 0.29) is 18.3 Å². The number of carboxylic acids is 1. The van der Waals surface area contributed by atoms with Crippen molar-refractivity contribution < 1.29 is 25.2 Å². The molecule has 0 aliphatic heterocycles. The number of carboxylic acid groups (broad SMARTS) is 1. The molecule has 0 aromatic heterocycles. The summed E-state index contributed by atoms with van der Waals surface area (Å²) in [4.78, 5) is 10.5. The van der Waals surface area contributed by atoms with E-state index in [1.54, 1.807) is 6.08 Å². The molecule has 1 unspecified atom stereocenters. The first-order valence-corrected chi connectivity index (χ1v) is 9.90. The quantitative estimate of drug-likeness (QED) is 0.300. The molecule has 1 aliphatic rings. The number of rotatable bonds is 13. The fourth-order valence-electron chi connectivity index (χ4n) is 3.74. The summed E-state index contributed by atoms with van der Waals surface area (Å²) in [6, 6.07) is 0. The van der Waals surface area contributed by atoms with Gasteiger partial charge in [0.1, 0.15) is 0 Å². The van der Waals surface area contributed by atoms with Gasteiger partial charge in [0.25, 0.3) is 0 Å². The highest BCUT2D eigenvalue weighted by Crippen LogP contribution is 2.37. The van der Waals surface area contributed by atoms with Gasteiger partial charge in [-0.05, 0) is 25.2 Å². The number of unbranched alkanes of at least 4 members (excludes halogenated alkanes) is 5. The summed E-state index contributed by atoms with van der Waals surface area (Å²) < 4.78 is 0. The highest BCUT2D eigenvalue weighted by Gasteiger charge is 2.39. The monoisotopic (exact) mass is 356 g/mol. The molecule has 1 fully saturated rings. The van der Waals surface area contributed by atoms with Gasteiger partial charge in [0.2, 0.25) is 0 Å². The van der Waals surface area contributed by atoms with Crippen LogP contribution in [0.2, 0.25) is 0 Å². The van der Waals surface area contributed by atoms with Crippen molar-refractivity contribution in [3.8, 4) is 0 Å². The fourth-order valence-corrected chi connectivity index (χ4v) is 3.74. The predicted molar refractivity (Wildman–Crippen MR) is 98.2 cm³/mol. The fraction of sp³-hybridized carbons (Fsp3) is 0.850. The van der Waals surface area contributed by atoms with Crippen LogP contribution in [-0.4, -0.2) is 44.7 Å². The van der Waals surface area contributed by atoms with Crippen LogP contribution in [0.1, 0.15) is 77.6 Å². The summed E-state index contributed by atoms with van der Waals surface area (Å²) in [5.74, 6) is -0.833. The Bertz CT molecular complexity index is 396. The lowest BCUT2D eigenvalue weighted by atomic mass is 9.88. The number of hydrogen-bond acceptors (Lipinski definition) is 4. The van der Waals surface area contributed by atoms with Gasteiger partial charge in [-0.25, -0.2) is 0 Å². The Kier molecular flexibility index (Phi) is 11.0. The molecule has 1 saturated carbocycles. The summed E-state index contributed by atoms with van der Waals surface area (Å²) in [5.41, 5.74) is 0. The van der Waals surface area contributed by atoms with E-state index in [9.17, 15) is 20.1 Å². The zero-order valence-corrected chi connectivity index (χ0v) is 15.5. The molecule has 0 radical (unpaired) electrons. The zero-order valence-electron chi connectivity index (χ0n) is 15.5. The summed E-state index contributed by atoms with van der Waals surface area (Å²) in [7, 11) is 0. The molecule has 0 amide bonds. The van der Waals surface area contributed by atoms with E-state index in [2.05, 4.69) is 6.92 Å². The van der Waals surface area contributed by atoms with Gasteiger partial charge in [0.15, 0.2) is 0 Å². The number of aliphatic hydroxyl groups excluding tert-OH is 3. The molecular weight excluding hydrogens is 320 g/mol. The van der Waals surface area contributed by atoms with Gasteiger partial charge < -0.3 is 20.4 Å². The average molecular weight is 357 g/mol. The van der Waals surface area contributed by atoms with Crippen LogP contribution in [0.5, 0.6) is 0 Å². The molecule has 0 heterocycles. The molecule has 5 heteroatoms. The van der Waals surface area contributed by atoms with Crippen molar-refractivity contribution in [1.82, 2.24) is 0 Å². The number of hydrogen-bond donors (Lipinski definition) is 4. The van der Waals surface area contributed by atoms with Crippen LogP contribution >= 0.6 is 0 Å². The summed E-state index contributed by atoms with van der Waals surface area (Å²) in [6.45, 7) is 2.13. The second-order valence-corrected chi connectivity index (χ2v) is 7.41. The first-order chi connectivity index (χ1) is 12.0. The third-order valence-corrected chi connectivity index (χ3v) is 5.25. The van der Waals surface area contributed by atoms with Gasteiger partial charge in [-0.15, -0.1) is 0 Å². The van der Waals surface area contributed by atoms with E-state index < -0.39 is 24.3 Å². The molecule has 1 rings (SSSR count). The number of carbonyl (C=O) groups is 1. The van der Waals surface area contributed by atoms with E-state index in [4.69, 9.17) is 5.11 Å². The van der Waals surface area contributed by atoms with Crippen LogP contribution in [-0.2, 0) is 4.79 Å². The molecule has 4 N–H and O–H groups in total. The number of aliphatic hydroxyl groups is 3. The van der Waals surface area contributed by atoms with Crippen molar-refractivity contribution >= 4 is 5.97 Å². The SMILES string of the molecule is CCCCCC(O)C=C[C@@H]1[C@@H](CCCCCCC(=O)O)[C@H](O)C[C@H]1O. The highest BCUT2D eigenvalue weighted by molar-refractivity contribution is 5.66. The van der Waals surface area contributed by atoms with E-state index in [1.165, 1.54) is 0 Å². The van der Waals surface area contributed by atoms with Gasteiger partial charge >= 0.3 is 5.97 Å². The van der Waals surface area contributed by atoms with Crippen molar-refractivity contribution in [3.05, 3.63) is 12.2 Å². The molecule has 25 heavy (non-hydrogen) atoms. The summed E-state index contributed by atoms with van der Waals surface area (Å²) in [6.07, 6.45) is 11.0. The molecule has 0 saturated heterocycles. The second-order valence-electron chi connectivity index (χ2n) is 7.41. The minimum atomic E-state index is -0.753. The van der Waals surface area contributed by atoms with Crippen molar-refractivity contribution in [2.75, 3.05) is 0 Å². The standard InChI is InChI=1S/C20H36O5/c1-2-3-6-9-15(21)12-13-17-16(18(22)14-19(17)23)10-7-4-5-8-11-20(24)25/h12-13,15-19,21-23H,2-11,14H2,1H3,(H,24,25)/t15?,16-,17-,18-,19-/m1/s1. The summed E-state index contributed by atoms with van der Waals surface area (Å²) >= 11 is 0. The first kappa shape index (κ1) is 22.1. The largest absolute Gasteiger partial charge is 0.481 e. The van der Waals surface area contributed by atoms with Crippen molar-refractivity contribution in [3.63, 3.8) is 0 Å². The highest BCUT2D eigenvalue weighted by atomic mass is 16.4. The molecule has 5 nitrogen and oxygen atoms in total. The summed E-state index contributed by atoms with van der Waals surface area (Å²) in [5, 5.41) is 39.0. The Balaban J connectivity index is 2.38. The van der Waals surface area contributed by atoms with Crippen LogP contribution < -0.4 is 0 Å². The third kappa shape index (κ3) is 8.84. The Morgan fingerprint density at radius 1 is 1.08 bits per heavy atom. The van der Waals surface area contributed by atoms with Gasteiger partial charge in [-0.3, -0.25) is 4.79 Å². The minimum absolute atomic E-state index is 0.0218. The predicted octanol–water partition coefficient (Wildman–Crippen LogP) is 3.27. The normalized spacial score (nSPS) is 27.8. The van der Waals surface area contributed by atoms with Crippen LogP contribution in [0.4, 0.5) is 0 Å². The van der Waals surface area contributed by atoms with E-state index in [1.807, 2.05) is 6.08 Å². The van der Waals surface area contributed by atoms with E-state index >= 15 is 0 Å². The molecule has 0 aromatic carbocycles. The average Bonchev–Trinajstić information content (AvgIpc) is 2.82. The van der Waals surface area contributed by atoms with Crippen molar-refractivity contribution in [2.45, 2.75) is 95.9 Å². The van der Waals surface area contributed by atoms with Gasteiger partial charge in [-0.1, -0.05) is 57.6 Å². The maximum absolute atomic E-state index is 10.5. The van der Waals surface area contributed by atoms with Crippen LogP contribution in [0.3, 0.4) is 0 Å². The number of aliphatic carboxylic acids is 1. The van der Waals surface area contributed by atoms with Crippen molar-refractivity contribution in [2.24, 2.45) is 11.8 Å². The Labute approximate surface area is 151 Å². The molecule has 0 spiro atoms. The molecule has 0 aromatic rings. The molecular formula is C20H36O5. The van der Waals surface area contributed by atoms with E-state index in [0.717, 1.165) is 51.4 Å². The second kappa shape index (κ2) is 12.4. The maximum atomic E-state index is 10.5. The van der Waals surface area contributed by atoms with Crippen LogP contribution in [0, 0.1) is 11.8 Å². The lowest BCUT2D eigenvalue weighted by molar-refractivity contribution is -0.137. The molecule has 5 atom stereocenters. The van der Waals surface area contributed by atoms with Crippen LogP contribution in [0.15, 0.2) is 12.2 Å². The Hall–Kier alpha value is -0.910. The Morgan fingerprint density at radius 3 is 2.48 bits per heavy atom. The van der Waals surface area contributed by atoms with Gasteiger partial charge in [0.05, 0.1) is 18.3 Å². The maximum Gasteiger partial charge on any atom is 0.303 e. The van der Waals surface area contributed by atoms with Crippen molar-refractivity contribution in [1.29, 1.82) is 0 Å². The zero-order chi connectivity index (χ0) is 18.7. The first-order valence-electron chi connectivity index (χ1n) is 9.90. The Morgan fingerprint density at radius 2 is 1.80 bits per heavy atom. The molecule has 0 bridgehead atoms. The van der Waals surface area contributed by atoms with Gasteiger partial charge in [0, 0.05) is 18.8 Å². The minimum Gasteiger partial charge on any atom is -0.481 e. The molecule has 1 aliphatic carbocycles. The third-order valence-electron chi connectivity index (χ3n) is 5.25. The van der Waals surface area contributed by atoms with Crippen LogP contribution in [0.25, 0.3) is 0 Å². The van der Waals surface area contributed by atoms with E-state index in [0.29, 0.717) is 12.8 Å². The topological polar surface area (TPSA) is 98.0 Å². The molecule has 146 valence electrons. The lowest BCUT2D eigenvalue weighted by Gasteiger charge is -2.21.